The molecule has 2 unspecified atom stereocenters. The van der Waals surface area contributed by atoms with Crippen molar-refractivity contribution in [3.05, 3.63) is 23.9 Å². The first kappa shape index (κ1) is 10.4. The molecule has 0 spiro atoms. The van der Waals surface area contributed by atoms with Gasteiger partial charge in [-0.1, -0.05) is 12.5 Å². The second-order valence-corrected chi connectivity index (χ2v) is 5.92. The standard InChI is InChI=1S/C15H19N3/c1-10-5-6-14-13(7-16-17-14)15(10)18-8-11-3-2-4-12(11)9-18/h5-7,11-12H,2-4,8-9H2,1H3,(H,16,17). The number of H-pyrrole nitrogens is 1. The maximum atomic E-state index is 4.19. The molecule has 18 heavy (non-hydrogen) atoms. The van der Waals surface area contributed by atoms with Crippen molar-refractivity contribution in [1.82, 2.24) is 10.2 Å². The van der Waals surface area contributed by atoms with Crippen molar-refractivity contribution in [1.29, 1.82) is 0 Å². The molecule has 2 aromatic rings. The Morgan fingerprint density at radius 1 is 1.22 bits per heavy atom. The molecule has 1 saturated heterocycles. The summed E-state index contributed by atoms with van der Waals surface area (Å²) in [6.07, 6.45) is 6.28. The molecule has 0 radical (unpaired) electrons. The number of hydrogen-bond donors (Lipinski definition) is 1. The van der Waals surface area contributed by atoms with Crippen LogP contribution < -0.4 is 4.90 Å². The van der Waals surface area contributed by atoms with Crippen LogP contribution in [0.2, 0.25) is 0 Å². The molecule has 1 aromatic carbocycles. The first-order valence-electron chi connectivity index (χ1n) is 7.00. The van der Waals surface area contributed by atoms with Gasteiger partial charge in [-0.05, 0) is 43.2 Å². The molecule has 1 aliphatic carbocycles. The minimum atomic E-state index is 0.937. The Bertz CT molecular complexity index is 574. The molecule has 1 aromatic heterocycles. The summed E-state index contributed by atoms with van der Waals surface area (Å²) >= 11 is 0. The fourth-order valence-corrected chi connectivity index (χ4v) is 3.95. The van der Waals surface area contributed by atoms with E-state index in [0.29, 0.717) is 0 Å². The van der Waals surface area contributed by atoms with E-state index in [0.717, 1.165) is 17.4 Å². The summed E-state index contributed by atoms with van der Waals surface area (Å²) in [7, 11) is 0. The van der Waals surface area contributed by atoms with Gasteiger partial charge in [-0.15, -0.1) is 0 Å². The molecule has 94 valence electrons. The highest BCUT2D eigenvalue weighted by Gasteiger charge is 2.36. The minimum absolute atomic E-state index is 0.937. The zero-order valence-electron chi connectivity index (χ0n) is 10.8. The molecule has 0 amide bonds. The maximum Gasteiger partial charge on any atom is 0.0671 e. The van der Waals surface area contributed by atoms with E-state index in [1.54, 1.807) is 0 Å². The van der Waals surface area contributed by atoms with Crippen LogP contribution in [0.15, 0.2) is 18.3 Å². The average Bonchev–Trinajstić information content (AvgIpc) is 3.01. The first-order valence-corrected chi connectivity index (χ1v) is 7.00. The molecule has 2 heterocycles. The number of benzene rings is 1. The van der Waals surface area contributed by atoms with E-state index in [1.807, 2.05) is 6.20 Å². The third-order valence-electron chi connectivity index (χ3n) is 4.84. The van der Waals surface area contributed by atoms with Crippen molar-refractivity contribution in [2.75, 3.05) is 18.0 Å². The lowest BCUT2D eigenvalue weighted by Gasteiger charge is -2.22. The zero-order valence-corrected chi connectivity index (χ0v) is 10.8. The number of rotatable bonds is 1. The van der Waals surface area contributed by atoms with Gasteiger partial charge in [0.1, 0.15) is 0 Å². The topological polar surface area (TPSA) is 31.9 Å². The molecule has 3 nitrogen and oxygen atoms in total. The van der Waals surface area contributed by atoms with Crippen molar-refractivity contribution in [2.24, 2.45) is 11.8 Å². The van der Waals surface area contributed by atoms with E-state index >= 15 is 0 Å². The molecule has 2 atom stereocenters. The third-order valence-corrected chi connectivity index (χ3v) is 4.84. The summed E-state index contributed by atoms with van der Waals surface area (Å²) in [6, 6.07) is 4.35. The fourth-order valence-electron chi connectivity index (χ4n) is 3.95. The summed E-state index contributed by atoms with van der Waals surface area (Å²) in [5, 5.41) is 8.57. The Morgan fingerprint density at radius 3 is 2.78 bits per heavy atom. The van der Waals surface area contributed by atoms with Crippen molar-refractivity contribution in [3.8, 4) is 0 Å². The number of nitrogens with zero attached hydrogens (tertiary/aromatic N) is 2. The number of aryl methyl sites for hydroxylation is 1. The SMILES string of the molecule is Cc1ccc2[nH]ncc2c1N1CC2CCCC2C1. The van der Waals surface area contributed by atoms with Gasteiger partial charge in [0.15, 0.2) is 0 Å². The van der Waals surface area contributed by atoms with E-state index < -0.39 is 0 Å². The van der Waals surface area contributed by atoms with Gasteiger partial charge in [-0.3, -0.25) is 5.10 Å². The van der Waals surface area contributed by atoms with Crippen LogP contribution in [0.3, 0.4) is 0 Å². The largest absolute Gasteiger partial charge is 0.370 e. The Morgan fingerprint density at radius 2 is 2.00 bits per heavy atom. The van der Waals surface area contributed by atoms with Crippen LogP contribution in [0.1, 0.15) is 24.8 Å². The molecule has 2 aliphatic rings. The number of fused-ring (bicyclic) bond motifs is 2. The van der Waals surface area contributed by atoms with E-state index in [9.17, 15) is 0 Å². The molecular weight excluding hydrogens is 222 g/mol. The van der Waals surface area contributed by atoms with E-state index in [1.165, 1.54) is 49.0 Å². The van der Waals surface area contributed by atoms with Crippen LogP contribution in [0.25, 0.3) is 10.9 Å². The molecular formula is C15H19N3. The molecule has 0 bridgehead atoms. The van der Waals surface area contributed by atoms with E-state index in [4.69, 9.17) is 0 Å². The van der Waals surface area contributed by atoms with Gasteiger partial charge in [-0.2, -0.15) is 5.10 Å². The Kier molecular flexibility index (Phi) is 2.16. The van der Waals surface area contributed by atoms with Crippen molar-refractivity contribution < 1.29 is 0 Å². The van der Waals surface area contributed by atoms with Crippen LogP contribution in [-0.4, -0.2) is 23.3 Å². The van der Waals surface area contributed by atoms with Crippen molar-refractivity contribution in [2.45, 2.75) is 26.2 Å². The van der Waals surface area contributed by atoms with Crippen molar-refractivity contribution >= 4 is 16.6 Å². The van der Waals surface area contributed by atoms with Gasteiger partial charge >= 0.3 is 0 Å². The lowest BCUT2D eigenvalue weighted by molar-refractivity contribution is 0.494. The minimum Gasteiger partial charge on any atom is -0.370 e. The van der Waals surface area contributed by atoms with Crippen LogP contribution in [0.4, 0.5) is 5.69 Å². The number of nitrogens with one attached hydrogen (secondary N) is 1. The van der Waals surface area contributed by atoms with Gasteiger partial charge < -0.3 is 4.90 Å². The highest BCUT2D eigenvalue weighted by atomic mass is 15.2. The maximum absolute atomic E-state index is 4.19. The molecule has 3 heteroatoms. The predicted octanol–water partition coefficient (Wildman–Crippen LogP) is 3.11. The number of hydrogen-bond acceptors (Lipinski definition) is 2. The summed E-state index contributed by atoms with van der Waals surface area (Å²) in [6.45, 7) is 4.71. The Hall–Kier alpha value is -1.51. The van der Waals surface area contributed by atoms with Gasteiger partial charge in [0.2, 0.25) is 0 Å². The van der Waals surface area contributed by atoms with Gasteiger partial charge in [-0.25, -0.2) is 0 Å². The van der Waals surface area contributed by atoms with E-state index in [2.05, 4.69) is 34.2 Å². The lowest BCUT2D eigenvalue weighted by atomic mass is 10.0. The predicted molar refractivity (Wildman–Crippen MR) is 73.9 cm³/mol. The Balaban J connectivity index is 1.78. The lowest BCUT2D eigenvalue weighted by Crippen LogP contribution is -2.21. The van der Waals surface area contributed by atoms with Gasteiger partial charge in [0.05, 0.1) is 17.4 Å². The summed E-state index contributed by atoms with van der Waals surface area (Å²) in [5.74, 6) is 1.87. The number of aromatic nitrogens is 2. The molecule has 2 fully saturated rings. The smallest absolute Gasteiger partial charge is 0.0671 e. The van der Waals surface area contributed by atoms with E-state index in [-0.39, 0.29) is 0 Å². The second kappa shape index (κ2) is 3.74. The quantitative estimate of drug-likeness (QED) is 0.832. The fraction of sp³-hybridized carbons (Fsp3) is 0.533. The monoisotopic (exact) mass is 241 g/mol. The zero-order chi connectivity index (χ0) is 12.1. The van der Waals surface area contributed by atoms with Crippen molar-refractivity contribution in [3.63, 3.8) is 0 Å². The summed E-state index contributed by atoms with van der Waals surface area (Å²) in [5.41, 5.74) is 3.95. The van der Waals surface area contributed by atoms with Gasteiger partial charge in [0, 0.05) is 18.5 Å². The van der Waals surface area contributed by atoms with Crippen LogP contribution in [0, 0.1) is 18.8 Å². The molecule has 4 rings (SSSR count). The normalized spacial score (nSPS) is 27.1. The second-order valence-electron chi connectivity index (χ2n) is 5.92. The number of aromatic amines is 1. The van der Waals surface area contributed by atoms with Crippen LogP contribution in [0.5, 0.6) is 0 Å². The highest BCUT2D eigenvalue weighted by Crippen LogP contribution is 2.42. The first-order chi connectivity index (χ1) is 8.83. The summed E-state index contributed by atoms with van der Waals surface area (Å²) < 4.78 is 0. The summed E-state index contributed by atoms with van der Waals surface area (Å²) in [4.78, 5) is 2.60. The average molecular weight is 241 g/mol. The molecule has 1 N–H and O–H groups in total. The Labute approximate surface area is 107 Å². The van der Waals surface area contributed by atoms with Crippen LogP contribution >= 0.6 is 0 Å². The molecule has 1 aliphatic heterocycles. The molecule has 1 saturated carbocycles. The number of anilines is 1. The van der Waals surface area contributed by atoms with Crippen LogP contribution in [-0.2, 0) is 0 Å². The third kappa shape index (κ3) is 1.39. The van der Waals surface area contributed by atoms with Gasteiger partial charge in [0.25, 0.3) is 0 Å². The highest BCUT2D eigenvalue weighted by molar-refractivity contribution is 5.93.